The van der Waals surface area contributed by atoms with Gasteiger partial charge in [0, 0.05) is 11.4 Å². The molecule has 0 amide bonds. The molecule has 0 spiro atoms. The van der Waals surface area contributed by atoms with E-state index in [0.29, 0.717) is 10.6 Å². The Morgan fingerprint density at radius 1 is 1.08 bits per heavy atom. The summed E-state index contributed by atoms with van der Waals surface area (Å²) in [5, 5.41) is 12.5. The summed E-state index contributed by atoms with van der Waals surface area (Å²) in [6.07, 6.45) is 0.419. The van der Waals surface area contributed by atoms with Gasteiger partial charge in [-0.15, -0.1) is 11.3 Å². The molecule has 132 valence electrons. The molecule has 1 aromatic heterocycles. The number of aliphatic hydroxyl groups excluding tert-OH is 1. The van der Waals surface area contributed by atoms with E-state index in [1.165, 1.54) is 11.3 Å². The molecule has 4 nitrogen and oxygen atoms in total. The summed E-state index contributed by atoms with van der Waals surface area (Å²) in [5.74, 6) is 0. The van der Waals surface area contributed by atoms with Gasteiger partial charge >= 0.3 is 0 Å². The minimum absolute atomic E-state index is 0.187. The van der Waals surface area contributed by atoms with Crippen molar-refractivity contribution in [3.63, 3.8) is 0 Å². The average Bonchev–Trinajstić information content (AvgIpc) is 3.11. The third-order valence-electron chi connectivity index (χ3n) is 4.14. The molecule has 0 saturated heterocycles. The lowest BCUT2D eigenvalue weighted by molar-refractivity contribution is 0.170. The van der Waals surface area contributed by atoms with E-state index in [4.69, 9.17) is 0 Å². The van der Waals surface area contributed by atoms with Gasteiger partial charge in [-0.2, -0.15) is 0 Å². The molecule has 0 aliphatic heterocycles. The molecule has 0 unspecified atom stereocenters. The van der Waals surface area contributed by atoms with E-state index >= 15 is 0 Å². The Hall–Kier alpha value is -1.73. The number of hydrogen-bond donors (Lipinski definition) is 2. The quantitative estimate of drug-likeness (QED) is 0.659. The van der Waals surface area contributed by atoms with Gasteiger partial charge in [-0.05, 0) is 41.3 Å². The smallest absolute Gasteiger partial charge is 0.250 e. The summed E-state index contributed by atoms with van der Waals surface area (Å²) in [6.45, 7) is 2.18. The topological polar surface area (TPSA) is 66.4 Å². The van der Waals surface area contributed by atoms with E-state index in [1.807, 2.05) is 55.5 Å². The fourth-order valence-corrected chi connectivity index (χ4v) is 5.18. The Morgan fingerprint density at radius 2 is 1.84 bits per heavy atom. The van der Waals surface area contributed by atoms with Crippen molar-refractivity contribution in [1.82, 2.24) is 4.72 Å². The molecular formula is C19H21NO3S2. The van der Waals surface area contributed by atoms with Crippen LogP contribution in [0.5, 0.6) is 0 Å². The molecule has 0 fully saturated rings. The van der Waals surface area contributed by atoms with Gasteiger partial charge in [0.2, 0.25) is 10.0 Å². The Balaban J connectivity index is 1.67. The highest BCUT2D eigenvalue weighted by atomic mass is 32.2. The molecule has 25 heavy (non-hydrogen) atoms. The Labute approximate surface area is 152 Å². The third-order valence-corrected chi connectivity index (χ3v) is 7.32. The predicted molar refractivity (Wildman–Crippen MR) is 102 cm³/mol. The zero-order valence-corrected chi connectivity index (χ0v) is 15.6. The fourth-order valence-electron chi connectivity index (χ4n) is 2.79. The average molecular weight is 376 g/mol. The van der Waals surface area contributed by atoms with E-state index in [-0.39, 0.29) is 6.54 Å². The van der Waals surface area contributed by atoms with Crippen LogP contribution in [0.1, 0.15) is 29.9 Å². The van der Waals surface area contributed by atoms with Crippen molar-refractivity contribution < 1.29 is 13.5 Å². The highest BCUT2D eigenvalue weighted by Gasteiger charge is 2.17. The molecule has 3 aromatic rings. The molecule has 0 saturated carbocycles. The standard InChI is InChI=1S/C19H21NO3S2/c1-2-15-10-11-19(24-15)25(22,23)20-13-12-18(21)17-9-5-7-14-6-3-4-8-16(14)17/h3-11,18,20-21H,2,12-13H2,1H3/t18-/m0/s1. The summed E-state index contributed by atoms with van der Waals surface area (Å²) in [6, 6.07) is 17.1. The van der Waals surface area contributed by atoms with Crippen molar-refractivity contribution in [3.05, 3.63) is 65.0 Å². The molecule has 6 heteroatoms. The number of aryl methyl sites for hydroxylation is 1. The largest absolute Gasteiger partial charge is 0.388 e. The fraction of sp³-hybridized carbons (Fsp3) is 0.263. The summed E-state index contributed by atoms with van der Waals surface area (Å²) in [5.41, 5.74) is 0.821. The van der Waals surface area contributed by atoms with Gasteiger partial charge in [0.1, 0.15) is 4.21 Å². The molecule has 0 aliphatic rings. The van der Waals surface area contributed by atoms with Gasteiger partial charge < -0.3 is 5.11 Å². The lowest BCUT2D eigenvalue weighted by atomic mass is 9.99. The summed E-state index contributed by atoms with van der Waals surface area (Å²) >= 11 is 1.28. The molecule has 3 rings (SSSR count). The van der Waals surface area contributed by atoms with E-state index in [2.05, 4.69) is 4.72 Å². The van der Waals surface area contributed by atoms with E-state index < -0.39 is 16.1 Å². The minimum Gasteiger partial charge on any atom is -0.388 e. The molecule has 1 heterocycles. The second-order valence-corrected chi connectivity index (χ2v) is 9.01. The lowest BCUT2D eigenvalue weighted by Crippen LogP contribution is -2.25. The Kier molecular flexibility index (Phi) is 5.54. The zero-order valence-electron chi connectivity index (χ0n) is 14.0. The van der Waals surface area contributed by atoms with Crippen molar-refractivity contribution in [1.29, 1.82) is 0 Å². The maximum Gasteiger partial charge on any atom is 0.250 e. The number of nitrogens with one attached hydrogen (secondary N) is 1. The second kappa shape index (κ2) is 7.66. The van der Waals surface area contributed by atoms with Crippen molar-refractivity contribution in [2.75, 3.05) is 6.54 Å². The molecule has 1 atom stereocenters. The van der Waals surface area contributed by atoms with E-state index in [9.17, 15) is 13.5 Å². The maximum atomic E-state index is 12.3. The number of rotatable bonds is 7. The molecule has 0 bridgehead atoms. The normalized spacial score (nSPS) is 13.2. The third kappa shape index (κ3) is 4.10. The van der Waals surface area contributed by atoms with E-state index in [1.54, 1.807) is 6.07 Å². The van der Waals surface area contributed by atoms with Crippen LogP contribution in [0.15, 0.2) is 58.8 Å². The molecule has 0 radical (unpaired) electrons. The monoisotopic (exact) mass is 375 g/mol. The summed E-state index contributed by atoms with van der Waals surface area (Å²) in [7, 11) is -3.51. The number of aliphatic hydroxyl groups is 1. The first-order valence-corrected chi connectivity index (χ1v) is 10.6. The molecule has 2 aromatic carbocycles. The summed E-state index contributed by atoms with van der Waals surface area (Å²) in [4.78, 5) is 1.04. The number of benzene rings is 2. The highest BCUT2D eigenvalue weighted by molar-refractivity contribution is 7.91. The van der Waals surface area contributed by atoms with Crippen molar-refractivity contribution in [3.8, 4) is 0 Å². The van der Waals surface area contributed by atoms with Gasteiger partial charge in [0.15, 0.2) is 0 Å². The van der Waals surface area contributed by atoms with Crippen LogP contribution in [-0.2, 0) is 16.4 Å². The summed E-state index contributed by atoms with van der Waals surface area (Å²) < 4.78 is 27.5. The first kappa shape index (κ1) is 18.1. The number of fused-ring (bicyclic) bond motifs is 1. The predicted octanol–water partition coefficient (Wildman–Crippen LogP) is 3.87. The first-order valence-electron chi connectivity index (χ1n) is 8.25. The zero-order chi connectivity index (χ0) is 17.9. The van der Waals surface area contributed by atoms with Gasteiger partial charge in [-0.3, -0.25) is 0 Å². The van der Waals surface area contributed by atoms with Gasteiger partial charge in [-0.1, -0.05) is 49.4 Å². The van der Waals surface area contributed by atoms with Gasteiger partial charge in [0.05, 0.1) is 6.10 Å². The van der Waals surface area contributed by atoms with Crippen molar-refractivity contribution in [2.45, 2.75) is 30.1 Å². The number of sulfonamides is 1. The molecular weight excluding hydrogens is 354 g/mol. The highest BCUT2D eigenvalue weighted by Crippen LogP contribution is 2.26. The molecule has 0 aliphatic carbocycles. The number of thiophene rings is 1. The SMILES string of the molecule is CCc1ccc(S(=O)(=O)NCC[C@H](O)c2cccc3ccccc23)s1. The van der Waals surface area contributed by atoms with Gasteiger partial charge in [-0.25, -0.2) is 13.1 Å². The minimum atomic E-state index is -3.51. The Morgan fingerprint density at radius 3 is 2.60 bits per heavy atom. The van der Waals surface area contributed by atoms with Crippen molar-refractivity contribution >= 4 is 32.1 Å². The van der Waals surface area contributed by atoms with Crippen LogP contribution >= 0.6 is 11.3 Å². The van der Waals surface area contributed by atoms with Crippen LogP contribution in [-0.4, -0.2) is 20.1 Å². The van der Waals surface area contributed by atoms with Gasteiger partial charge in [0.25, 0.3) is 0 Å². The van der Waals surface area contributed by atoms with Crippen LogP contribution in [0.25, 0.3) is 10.8 Å². The van der Waals surface area contributed by atoms with Crippen LogP contribution in [0.4, 0.5) is 0 Å². The molecule has 2 N–H and O–H groups in total. The lowest BCUT2D eigenvalue weighted by Gasteiger charge is -2.14. The Bertz CT molecular complexity index is 958. The first-order chi connectivity index (χ1) is 12.0. The van der Waals surface area contributed by atoms with Crippen LogP contribution in [0, 0.1) is 0 Å². The van der Waals surface area contributed by atoms with Crippen LogP contribution in [0.3, 0.4) is 0 Å². The van der Waals surface area contributed by atoms with Crippen LogP contribution < -0.4 is 4.72 Å². The number of hydrogen-bond acceptors (Lipinski definition) is 4. The maximum absolute atomic E-state index is 12.3. The van der Waals surface area contributed by atoms with E-state index in [0.717, 1.165) is 27.6 Å². The van der Waals surface area contributed by atoms with Crippen LogP contribution in [0.2, 0.25) is 0 Å². The second-order valence-electron chi connectivity index (χ2n) is 5.84. The van der Waals surface area contributed by atoms with Crippen molar-refractivity contribution in [2.24, 2.45) is 0 Å².